The summed E-state index contributed by atoms with van der Waals surface area (Å²) in [5.41, 5.74) is 4.87. The number of likely N-dealkylation sites (tertiary alicyclic amines) is 1. The van der Waals surface area contributed by atoms with Crippen LogP contribution >= 0.6 is 0 Å². The van der Waals surface area contributed by atoms with Crippen molar-refractivity contribution in [1.82, 2.24) is 4.90 Å². The van der Waals surface area contributed by atoms with Crippen molar-refractivity contribution in [3.63, 3.8) is 0 Å². The van der Waals surface area contributed by atoms with Crippen molar-refractivity contribution < 1.29 is 14.3 Å². The van der Waals surface area contributed by atoms with Crippen LogP contribution in [0.25, 0.3) is 0 Å². The van der Waals surface area contributed by atoms with Crippen LogP contribution in [0, 0.1) is 26.7 Å². The van der Waals surface area contributed by atoms with Gasteiger partial charge in [0, 0.05) is 11.6 Å². The number of anilines is 2. The molecule has 1 aliphatic rings. The molecule has 1 heterocycles. The number of benzene rings is 2. The first-order chi connectivity index (χ1) is 14.4. The molecule has 6 nitrogen and oxygen atoms in total. The van der Waals surface area contributed by atoms with Crippen LogP contribution in [-0.4, -0.2) is 43.5 Å². The van der Waals surface area contributed by atoms with E-state index >= 15 is 0 Å². The highest BCUT2D eigenvalue weighted by Gasteiger charge is 2.26. The van der Waals surface area contributed by atoms with Gasteiger partial charge >= 0.3 is 0 Å². The van der Waals surface area contributed by atoms with Crippen LogP contribution in [0.4, 0.5) is 11.4 Å². The Morgan fingerprint density at radius 2 is 1.60 bits per heavy atom. The second kappa shape index (κ2) is 9.76. The molecule has 1 fully saturated rings. The number of methoxy groups -OCH3 is 1. The number of nitrogens with zero attached hydrogens (tertiary/aromatic N) is 1. The van der Waals surface area contributed by atoms with E-state index < -0.39 is 0 Å². The molecule has 0 saturated carbocycles. The largest absolute Gasteiger partial charge is 0.495 e. The lowest BCUT2D eigenvalue weighted by atomic mass is 9.95. The first kappa shape index (κ1) is 21.8. The predicted octanol–water partition coefficient (Wildman–Crippen LogP) is 3.91. The molecule has 2 amide bonds. The zero-order valence-electron chi connectivity index (χ0n) is 18.2. The Kier molecular flexibility index (Phi) is 7.11. The minimum Gasteiger partial charge on any atom is -0.495 e. The number of aryl methyl sites for hydroxylation is 3. The highest BCUT2D eigenvalue weighted by atomic mass is 16.5. The minimum absolute atomic E-state index is 0.0107. The van der Waals surface area contributed by atoms with Crippen LogP contribution < -0.4 is 15.4 Å². The molecule has 0 aromatic heterocycles. The van der Waals surface area contributed by atoms with Crippen molar-refractivity contribution >= 4 is 23.2 Å². The molecule has 0 atom stereocenters. The van der Waals surface area contributed by atoms with Gasteiger partial charge in [0.25, 0.3) is 0 Å². The van der Waals surface area contributed by atoms with Crippen molar-refractivity contribution in [2.24, 2.45) is 5.92 Å². The molecule has 6 heteroatoms. The normalized spacial score (nSPS) is 14.9. The number of ether oxygens (including phenoxy) is 1. The lowest BCUT2D eigenvalue weighted by Crippen LogP contribution is -2.41. The summed E-state index contributed by atoms with van der Waals surface area (Å²) in [7, 11) is 1.60. The smallest absolute Gasteiger partial charge is 0.238 e. The third-order valence-corrected chi connectivity index (χ3v) is 5.60. The minimum atomic E-state index is -0.0605. The number of carbonyl (C=O) groups is 2. The quantitative estimate of drug-likeness (QED) is 0.759. The Morgan fingerprint density at radius 1 is 0.967 bits per heavy atom. The van der Waals surface area contributed by atoms with E-state index in [1.54, 1.807) is 7.11 Å². The van der Waals surface area contributed by atoms with Gasteiger partial charge in [-0.05, 0) is 76.0 Å². The molecule has 0 radical (unpaired) electrons. The van der Waals surface area contributed by atoms with Crippen molar-refractivity contribution in [3.8, 4) is 5.75 Å². The molecule has 2 aromatic carbocycles. The third-order valence-electron chi connectivity index (χ3n) is 5.60. The standard InChI is InChI=1S/C24H31N3O3/c1-16-5-7-20(18(3)13-16)25-23(28)15-27-11-9-19(10-12-27)24(29)26-21-8-6-17(2)14-22(21)30-4/h5-8,13-14,19H,9-12,15H2,1-4H3,(H,25,28)(H,26,29). The number of rotatable bonds is 6. The van der Waals surface area contributed by atoms with Gasteiger partial charge in [-0.3, -0.25) is 14.5 Å². The third kappa shape index (κ3) is 5.60. The molecule has 0 bridgehead atoms. The summed E-state index contributed by atoms with van der Waals surface area (Å²) < 4.78 is 5.37. The average molecular weight is 410 g/mol. The zero-order valence-corrected chi connectivity index (χ0v) is 18.2. The van der Waals surface area contributed by atoms with E-state index in [9.17, 15) is 9.59 Å². The first-order valence-corrected chi connectivity index (χ1v) is 10.4. The molecule has 1 saturated heterocycles. The Morgan fingerprint density at radius 3 is 2.23 bits per heavy atom. The van der Waals surface area contributed by atoms with Gasteiger partial charge < -0.3 is 15.4 Å². The Bertz CT molecular complexity index is 918. The monoisotopic (exact) mass is 409 g/mol. The molecule has 30 heavy (non-hydrogen) atoms. The number of hydrogen-bond donors (Lipinski definition) is 2. The first-order valence-electron chi connectivity index (χ1n) is 10.4. The van der Waals surface area contributed by atoms with Crippen LogP contribution in [-0.2, 0) is 9.59 Å². The van der Waals surface area contributed by atoms with E-state index in [1.165, 1.54) is 5.56 Å². The number of piperidine rings is 1. The summed E-state index contributed by atoms with van der Waals surface area (Å²) in [5.74, 6) is 0.601. The summed E-state index contributed by atoms with van der Waals surface area (Å²) in [6.45, 7) is 7.81. The summed E-state index contributed by atoms with van der Waals surface area (Å²) in [5, 5.41) is 5.99. The summed E-state index contributed by atoms with van der Waals surface area (Å²) in [4.78, 5) is 27.2. The van der Waals surface area contributed by atoms with Gasteiger partial charge in [-0.25, -0.2) is 0 Å². The van der Waals surface area contributed by atoms with Gasteiger partial charge in [0.1, 0.15) is 5.75 Å². The van der Waals surface area contributed by atoms with Crippen LogP contribution in [0.2, 0.25) is 0 Å². The van der Waals surface area contributed by atoms with Gasteiger partial charge in [0.05, 0.1) is 19.3 Å². The number of carbonyl (C=O) groups excluding carboxylic acids is 2. The maximum Gasteiger partial charge on any atom is 0.238 e. The van der Waals surface area contributed by atoms with Gasteiger partial charge in [0.15, 0.2) is 0 Å². The Labute approximate surface area is 178 Å². The molecule has 1 aliphatic heterocycles. The van der Waals surface area contributed by atoms with Crippen molar-refractivity contribution in [2.75, 3.05) is 37.4 Å². The highest BCUT2D eigenvalue weighted by molar-refractivity contribution is 5.94. The second-order valence-electron chi connectivity index (χ2n) is 8.11. The molecule has 2 aromatic rings. The molecule has 160 valence electrons. The predicted molar refractivity (Wildman–Crippen MR) is 120 cm³/mol. The SMILES string of the molecule is COc1cc(C)ccc1NC(=O)C1CCN(CC(=O)Nc2ccc(C)cc2C)CC1. The molecule has 0 aliphatic carbocycles. The van der Waals surface area contributed by atoms with Crippen molar-refractivity contribution in [3.05, 3.63) is 53.1 Å². The van der Waals surface area contributed by atoms with E-state index in [0.717, 1.165) is 42.7 Å². The van der Waals surface area contributed by atoms with E-state index in [1.807, 2.05) is 51.1 Å². The summed E-state index contributed by atoms with van der Waals surface area (Å²) >= 11 is 0. The Hall–Kier alpha value is -2.86. The van der Waals surface area contributed by atoms with Gasteiger partial charge in [-0.15, -0.1) is 0 Å². The lowest BCUT2D eigenvalue weighted by molar-refractivity contribution is -0.121. The number of hydrogen-bond acceptors (Lipinski definition) is 4. The number of nitrogens with one attached hydrogen (secondary N) is 2. The second-order valence-corrected chi connectivity index (χ2v) is 8.11. The van der Waals surface area contributed by atoms with E-state index in [4.69, 9.17) is 4.74 Å². The summed E-state index contributed by atoms with van der Waals surface area (Å²) in [6.07, 6.45) is 1.47. The summed E-state index contributed by atoms with van der Waals surface area (Å²) in [6, 6.07) is 11.7. The molecular weight excluding hydrogens is 378 g/mol. The van der Waals surface area contributed by atoms with Crippen LogP contribution in [0.15, 0.2) is 36.4 Å². The Balaban J connectivity index is 1.48. The average Bonchev–Trinajstić information content (AvgIpc) is 2.72. The van der Waals surface area contributed by atoms with E-state index in [0.29, 0.717) is 18.0 Å². The van der Waals surface area contributed by atoms with Gasteiger partial charge in [-0.2, -0.15) is 0 Å². The van der Waals surface area contributed by atoms with Crippen LogP contribution in [0.3, 0.4) is 0 Å². The molecular formula is C24H31N3O3. The van der Waals surface area contributed by atoms with Crippen LogP contribution in [0.1, 0.15) is 29.5 Å². The zero-order chi connectivity index (χ0) is 21.7. The number of amides is 2. The molecule has 3 rings (SSSR count). The van der Waals surface area contributed by atoms with E-state index in [2.05, 4.69) is 21.6 Å². The fraction of sp³-hybridized carbons (Fsp3) is 0.417. The fourth-order valence-corrected chi connectivity index (χ4v) is 3.84. The maximum atomic E-state index is 12.7. The van der Waals surface area contributed by atoms with Crippen LogP contribution in [0.5, 0.6) is 5.75 Å². The molecule has 0 unspecified atom stereocenters. The van der Waals surface area contributed by atoms with Crippen molar-refractivity contribution in [1.29, 1.82) is 0 Å². The molecule has 0 spiro atoms. The lowest BCUT2D eigenvalue weighted by Gasteiger charge is -2.30. The van der Waals surface area contributed by atoms with Crippen molar-refractivity contribution in [2.45, 2.75) is 33.6 Å². The van der Waals surface area contributed by atoms with E-state index in [-0.39, 0.29) is 17.7 Å². The fourth-order valence-electron chi connectivity index (χ4n) is 3.84. The topological polar surface area (TPSA) is 70.7 Å². The highest BCUT2D eigenvalue weighted by Crippen LogP contribution is 2.27. The molecule has 2 N–H and O–H groups in total. The maximum absolute atomic E-state index is 12.7. The van der Waals surface area contributed by atoms with Gasteiger partial charge in [-0.1, -0.05) is 23.8 Å². The van der Waals surface area contributed by atoms with Gasteiger partial charge in [0.2, 0.25) is 11.8 Å².